The fourth-order valence-electron chi connectivity index (χ4n) is 1.79. The van der Waals surface area contributed by atoms with Crippen LogP contribution in [0.2, 0.25) is 5.02 Å². The van der Waals surface area contributed by atoms with Gasteiger partial charge in [-0.1, -0.05) is 11.6 Å². The Labute approximate surface area is 170 Å². The molecule has 1 rings (SSSR count). The third-order valence-corrected chi connectivity index (χ3v) is 4.29. The molecule has 0 amide bonds. The molecule has 24 heavy (non-hydrogen) atoms. The van der Waals surface area contributed by atoms with E-state index in [1.807, 2.05) is 24.3 Å². The van der Waals surface area contributed by atoms with Crippen LogP contribution in [-0.4, -0.2) is 44.9 Å². The predicted molar refractivity (Wildman–Crippen MR) is 113 cm³/mol. The summed E-state index contributed by atoms with van der Waals surface area (Å²) in [7, 11) is 3.16. The van der Waals surface area contributed by atoms with Crippen LogP contribution < -0.4 is 10.6 Å². The smallest absolute Gasteiger partial charge is 0.305 e. The number of carbonyl (C=O) groups excluding carboxylic acids is 1. The van der Waals surface area contributed by atoms with E-state index >= 15 is 0 Å². The molecule has 0 unspecified atom stereocenters. The fourth-order valence-corrected chi connectivity index (χ4v) is 2.69. The molecule has 0 fully saturated rings. The number of guanidine groups is 1. The van der Waals surface area contributed by atoms with Gasteiger partial charge in [-0.3, -0.25) is 9.79 Å². The number of unbranched alkanes of at least 4 members (excludes halogenated alkanes) is 1. The molecule has 2 N–H and O–H groups in total. The van der Waals surface area contributed by atoms with Crippen LogP contribution in [0.25, 0.3) is 0 Å². The van der Waals surface area contributed by atoms with Crippen LogP contribution in [0.4, 0.5) is 0 Å². The zero-order chi connectivity index (χ0) is 16.9. The minimum absolute atomic E-state index is 0. The van der Waals surface area contributed by atoms with Gasteiger partial charge in [-0.05, 0) is 37.1 Å². The fraction of sp³-hybridized carbons (Fsp3) is 0.500. The van der Waals surface area contributed by atoms with Gasteiger partial charge in [-0.25, -0.2) is 0 Å². The van der Waals surface area contributed by atoms with E-state index in [4.69, 9.17) is 11.6 Å². The topological polar surface area (TPSA) is 62.7 Å². The van der Waals surface area contributed by atoms with Crippen molar-refractivity contribution in [3.63, 3.8) is 0 Å². The highest BCUT2D eigenvalue weighted by molar-refractivity contribution is 14.0. The van der Waals surface area contributed by atoms with Crippen LogP contribution in [0.1, 0.15) is 19.3 Å². The molecule has 0 aliphatic carbocycles. The molecule has 0 saturated carbocycles. The lowest BCUT2D eigenvalue weighted by Crippen LogP contribution is -2.38. The number of aliphatic imine (C=N–C) groups is 1. The maximum absolute atomic E-state index is 11.0. The average Bonchev–Trinajstić information content (AvgIpc) is 2.57. The second-order valence-corrected chi connectivity index (χ2v) is 6.37. The highest BCUT2D eigenvalue weighted by Gasteiger charge is 2.01. The summed E-state index contributed by atoms with van der Waals surface area (Å²) in [6.07, 6.45) is 2.17. The Kier molecular flexibility index (Phi) is 14.2. The van der Waals surface area contributed by atoms with Gasteiger partial charge in [-0.2, -0.15) is 0 Å². The monoisotopic (exact) mass is 485 g/mol. The van der Waals surface area contributed by atoms with Crippen molar-refractivity contribution in [2.75, 3.05) is 33.0 Å². The number of nitrogens with zero attached hydrogens (tertiary/aromatic N) is 1. The van der Waals surface area contributed by atoms with Gasteiger partial charge >= 0.3 is 5.97 Å². The molecule has 8 heteroatoms. The van der Waals surface area contributed by atoms with Gasteiger partial charge in [0.05, 0.1) is 7.11 Å². The van der Waals surface area contributed by atoms with E-state index in [0.29, 0.717) is 6.42 Å². The lowest BCUT2D eigenvalue weighted by Gasteiger charge is -2.11. The molecular weight excluding hydrogens is 461 g/mol. The zero-order valence-corrected chi connectivity index (χ0v) is 17.9. The van der Waals surface area contributed by atoms with Crippen LogP contribution in [-0.2, 0) is 9.53 Å². The molecule has 136 valence electrons. The van der Waals surface area contributed by atoms with Gasteiger partial charge in [0.15, 0.2) is 5.96 Å². The van der Waals surface area contributed by atoms with Gasteiger partial charge in [-0.15, -0.1) is 35.7 Å². The Morgan fingerprint density at radius 1 is 1.21 bits per heavy atom. The van der Waals surface area contributed by atoms with Crippen LogP contribution in [0.15, 0.2) is 34.2 Å². The van der Waals surface area contributed by atoms with E-state index in [2.05, 4.69) is 20.4 Å². The summed E-state index contributed by atoms with van der Waals surface area (Å²) < 4.78 is 4.60. The SMILES string of the molecule is CN=C(NCCCCC(=O)OC)NCCSc1ccc(Cl)cc1.I. The number of halogens is 2. The number of esters is 1. The number of rotatable bonds is 9. The summed E-state index contributed by atoms with van der Waals surface area (Å²) in [6, 6.07) is 7.82. The van der Waals surface area contributed by atoms with Crippen molar-refractivity contribution in [1.29, 1.82) is 0 Å². The second kappa shape index (κ2) is 14.7. The molecule has 0 bridgehead atoms. The lowest BCUT2D eigenvalue weighted by atomic mass is 10.2. The van der Waals surface area contributed by atoms with Crippen LogP contribution in [0.3, 0.4) is 0 Å². The average molecular weight is 486 g/mol. The Hall–Kier alpha value is -0.670. The van der Waals surface area contributed by atoms with Crippen molar-refractivity contribution < 1.29 is 9.53 Å². The third kappa shape index (κ3) is 11.0. The number of nitrogens with one attached hydrogen (secondary N) is 2. The summed E-state index contributed by atoms with van der Waals surface area (Å²) in [6.45, 7) is 1.59. The zero-order valence-electron chi connectivity index (χ0n) is 14.0. The number of benzene rings is 1. The second-order valence-electron chi connectivity index (χ2n) is 4.76. The summed E-state index contributed by atoms with van der Waals surface area (Å²) in [5, 5.41) is 7.24. The lowest BCUT2D eigenvalue weighted by molar-refractivity contribution is -0.140. The number of methoxy groups -OCH3 is 1. The van der Waals surface area contributed by atoms with Crippen molar-refractivity contribution in [2.45, 2.75) is 24.2 Å². The molecule has 0 aromatic heterocycles. The first-order chi connectivity index (χ1) is 11.2. The van der Waals surface area contributed by atoms with E-state index in [1.54, 1.807) is 18.8 Å². The van der Waals surface area contributed by atoms with E-state index in [1.165, 1.54) is 12.0 Å². The summed E-state index contributed by atoms with van der Waals surface area (Å²) in [5.74, 6) is 1.55. The number of thioether (sulfide) groups is 1. The molecule has 0 atom stereocenters. The highest BCUT2D eigenvalue weighted by Crippen LogP contribution is 2.19. The quantitative estimate of drug-likeness (QED) is 0.140. The molecule has 0 aliphatic heterocycles. The normalized spacial score (nSPS) is 10.7. The van der Waals surface area contributed by atoms with Gasteiger partial charge in [0.2, 0.25) is 0 Å². The van der Waals surface area contributed by atoms with E-state index in [-0.39, 0.29) is 29.9 Å². The molecule has 0 spiro atoms. The van der Waals surface area contributed by atoms with Crippen molar-refractivity contribution >= 4 is 59.3 Å². The number of hydrogen-bond acceptors (Lipinski definition) is 4. The van der Waals surface area contributed by atoms with Crippen LogP contribution >= 0.6 is 47.3 Å². The molecular formula is C16H25ClIN3O2S. The van der Waals surface area contributed by atoms with E-state index in [9.17, 15) is 4.79 Å². The van der Waals surface area contributed by atoms with Crippen molar-refractivity contribution in [2.24, 2.45) is 4.99 Å². The standard InChI is InChI=1S/C16H24ClN3O2S.HI/c1-18-16(19-10-4-3-5-15(21)22-2)20-11-12-23-14-8-6-13(17)7-9-14;/h6-9H,3-5,10-12H2,1-2H3,(H2,18,19,20);1H. The molecule has 5 nitrogen and oxygen atoms in total. The molecule has 0 aliphatic rings. The maximum atomic E-state index is 11.0. The Balaban J connectivity index is 0.00000529. The number of carbonyl (C=O) groups is 1. The summed E-state index contributed by atoms with van der Waals surface area (Å²) in [4.78, 5) is 16.4. The van der Waals surface area contributed by atoms with Gasteiger partial charge in [0, 0.05) is 42.2 Å². The summed E-state index contributed by atoms with van der Waals surface area (Å²) in [5.41, 5.74) is 0. The Bertz CT molecular complexity index is 501. The van der Waals surface area contributed by atoms with Gasteiger partial charge in [0.1, 0.15) is 0 Å². The molecule has 0 radical (unpaired) electrons. The first-order valence-corrected chi connectivity index (χ1v) is 8.91. The highest BCUT2D eigenvalue weighted by atomic mass is 127. The third-order valence-electron chi connectivity index (χ3n) is 3.03. The molecule has 0 saturated heterocycles. The Morgan fingerprint density at radius 3 is 2.50 bits per heavy atom. The van der Waals surface area contributed by atoms with Crippen molar-refractivity contribution in [3.8, 4) is 0 Å². The van der Waals surface area contributed by atoms with Gasteiger partial charge in [0.25, 0.3) is 0 Å². The van der Waals surface area contributed by atoms with E-state index in [0.717, 1.165) is 42.7 Å². The number of hydrogen-bond donors (Lipinski definition) is 2. The minimum Gasteiger partial charge on any atom is -0.469 e. The summed E-state index contributed by atoms with van der Waals surface area (Å²) >= 11 is 7.62. The Morgan fingerprint density at radius 2 is 1.88 bits per heavy atom. The first-order valence-electron chi connectivity index (χ1n) is 7.55. The molecule has 1 aromatic rings. The first kappa shape index (κ1) is 23.3. The minimum atomic E-state index is -0.160. The van der Waals surface area contributed by atoms with Crippen LogP contribution in [0.5, 0.6) is 0 Å². The predicted octanol–water partition coefficient (Wildman–Crippen LogP) is 3.56. The largest absolute Gasteiger partial charge is 0.469 e. The number of ether oxygens (including phenoxy) is 1. The van der Waals surface area contributed by atoms with Gasteiger partial charge < -0.3 is 15.4 Å². The maximum Gasteiger partial charge on any atom is 0.305 e. The molecule has 1 aromatic carbocycles. The van der Waals surface area contributed by atoms with Crippen LogP contribution in [0, 0.1) is 0 Å². The van der Waals surface area contributed by atoms with E-state index < -0.39 is 0 Å². The van der Waals surface area contributed by atoms with Crippen molar-refractivity contribution in [3.05, 3.63) is 29.3 Å². The molecule has 0 heterocycles. The van der Waals surface area contributed by atoms with Crippen molar-refractivity contribution in [1.82, 2.24) is 10.6 Å².